The van der Waals surface area contributed by atoms with Crippen LogP contribution in [0.25, 0.3) is 38.9 Å². The summed E-state index contributed by atoms with van der Waals surface area (Å²) in [6, 6.07) is 14.2. The van der Waals surface area contributed by atoms with Crippen LogP contribution in [0.5, 0.6) is 5.75 Å². The van der Waals surface area contributed by atoms with Gasteiger partial charge in [-0.15, -0.1) is 0 Å². The Balaban J connectivity index is 1.33. The fourth-order valence-electron chi connectivity index (χ4n) is 4.10. The van der Waals surface area contributed by atoms with Gasteiger partial charge in [0.2, 0.25) is 0 Å². The lowest BCUT2D eigenvalue weighted by Crippen LogP contribution is -2.19. The number of hydrogen-bond acceptors (Lipinski definition) is 6. The Labute approximate surface area is 198 Å². The second kappa shape index (κ2) is 8.10. The topological polar surface area (TPSA) is 77.2 Å². The fourth-order valence-corrected chi connectivity index (χ4v) is 4.54. The molecule has 1 atom stereocenters. The number of halogens is 1. The number of rotatable bonds is 4. The van der Waals surface area contributed by atoms with E-state index < -0.39 is 0 Å². The maximum absolute atomic E-state index is 5.97. The third-order valence-electron chi connectivity index (χ3n) is 5.69. The summed E-state index contributed by atoms with van der Waals surface area (Å²) in [6.45, 7) is 1.89. The highest BCUT2D eigenvalue weighted by Gasteiger charge is 2.16. The summed E-state index contributed by atoms with van der Waals surface area (Å²) < 4.78 is 8.74. The lowest BCUT2D eigenvalue weighted by atomic mass is 10.0. The first kappa shape index (κ1) is 19.6. The largest absolute Gasteiger partial charge is 0.487 e. The van der Waals surface area contributed by atoms with E-state index in [9.17, 15) is 0 Å². The number of pyridine rings is 2. The SMILES string of the molecule is Ic1ccc2c(-c3cnn4cc(-c5ccc(O[C@H]6CCNC6)cn5)cnc34)cccc2n1. The van der Waals surface area contributed by atoms with E-state index in [1.807, 2.05) is 48.9 Å². The molecular weight excluding hydrogens is 515 g/mol. The van der Waals surface area contributed by atoms with Crippen molar-refractivity contribution in [3.63, 3.8) is 0 Å². The first-order chi connectivity index (χ1) is 15.7. The molecule has 0 radical (unpaired) electrons. The van der Waals surface area contributed by atoms with Crippen molar-refractivity contribution in [2.24, 2.45) is 0 Å². The van der Waals surface area contributed by atoms with Gasteiger partial charge in [-0.05, 0) is 71.5 Å². The molecule has 0 saturated carbocycles. The van der Waals surface area contributed by atoms with Crippen LogP contribution >= 0.6 is 22.6 Å². The van der Waals surface area contributed by atoms with Crippen LogP contribution in [0.1, 0.15) is 6.42 Å². The molecule has 158 valence electrons. The lowest BCUT2D eigenvalue weighted by Gasteiger charge is -2.12. The van der Waals surface area contributed by atoms with E-state index in [0.29, 0.717) is 0 Å². The molecule has 0 bridgehead atoms. The van der Waals surface area contributed by atoms with Crippen LogP contribution in [0.2, 0.25) is 0 Å². The van der Waals surface area contributed by atoms with Crippen LogP contribution in [0.4, 0.5) is 0 Å². The van der Waals surface area contributed by atoms with E-state index in [4.69, 9.17) is 9.72 Å². The zero-order valence-electron chi connectivity index (χ0n) is 17.1. The molecular formula is C24H19IN6O. The van der Waals surface area contributed by atoms with Crippen molar-refractivity contribution in [2.75, 3.05) is 13.1 Å². The molecule has 5 aromatic rings. The van der Waals surface area contributed by atoms with Gasteiger partial charge in [0.25, 0.3) is 0 Å². The minimum atomic E-state index is 0.218. The van der Waals surface area contributed by atoms with Gasteiger partial charge >= 0.3 is 0 Å². The third kappa shape index (κ3) is 3.59. The molecule has 1 aromatic carbocycles. The molecule has 1 saturated heterocycles. The maximum atomic E-state index is 5.97. The Kier molecular flexibility index (Phi) is 4.95. The zero-order chi connectivity index (χ0) is 21.5. The fraction of sp³-hybridized carbons (Fsp3) is 0.167. The minimum absolute atomic E-state index is 0.218. The molecule has 32 heavy (non-hydrogen) atoms. The highest BCUT2D eigenvalue weighted by Crippen LogP contribution is 2.31. The number of fused-ring (bicyclic) bond motifs is 2. The van der Waals surface area contributed by atoms with Crippen molar-refractivity contribution in [3.8, 4) is 28.1 Å². The van der Waals surface area contributed by atoms with E-state index in [2.05, 4.69) is 55.1 Å². The number of aromatic nitrogens is 5. The Hall–Kier alpha value is -3.11. The lowest BCUT2D eigenvalue weighted by molar-refractivity contribution is 0.222. The van der Waals surface area contributed by atoms with Crippen LogP contribution in [0, 0.1) is 3.70 Å². The second-order valence-corrected chi connectivity index (χ2v) is 8.89. The van der Waals surface area contributed by atoms with Crippen molar-refractivity contribution < 1.29 is 4.74 Å². The van der Waals surface area contributed by atoms with Gasteiger partial charge in [0, 0.05) is 35.5 Å². The van der Waals surface area contributed by atoms with Gasteiger partial charge in [-0.3, -0.25) is 4.98 Å². The van der Waals surface area contributed by atoms with Crippen molar-refractivity contribution in [1.82, 2.24) is 29.9 Å². The van der Waals surface area contributed by atoms with E-state index >= 15 is 0 Å². The Morgan fingerprint density at radius 1 is 1.00 bits per heavy atom. The van der Waals surface area contributed by atoms with Crippen molar-refractivity contribution in [2.45, 2.75) is 12.5 Å². The van der Waals surface area contributed by atoms with Crippen molar-refractivity contribution in [3.05, 3.63) is 71.0 Å². The van der Waals surface area contributed by atoms with Crippen LogP contribution in [0.3, 0.4) is 0 Å². The molecule has 1 fully saturated rings. The molecule has 0 amide bonds. The molecule has 1 aliphatic heterocycles. The zero-order valence-corrected chi connectivity index (χ0v) is 19.2. The number of nitrogens with one attached hydrogen (secondary N) is 1. The molecule has 7 nitrogen and oxygen atoms in total. The standard InChI is InChI=1S/C24H19IN6O/c25-23-7-5-19-18(2-1-3-22(19)30-23)20-13-29-31-14-15(10-28-24(20)31)21-6-4-16(12-27-21)32-17-8-9-26-11-17/h1-7,10,12-14,17,26H,8-9,11H2/t17-/m0/s1. The van der Waals surface area contributed by atoms with Gasteiger partial charge in [0.05, 0.1) is 23.6 Å². The van der Waals surface area contributed by atoms with Gasteiger partial charge in [-0.1, -0.05) is 12.1 Å². The summed E-state index contributed by atoms with van der Waals surface area (Å²) in [4.78, 5) is 13.9. The summed E-state index contributed by atoms with van der Waals surface area (Å²) in [5.74, 6) is 0.789. The smallest absolute Gasteiger partial charge is 0.162 e. The second-order valence-electron chi connectivity index (χ2n) is 7.79. The quantitative estimate of drug-likeness (QED) is 0.273. The Bertz CT molecular complexity index is 1430. The molecule has 6 rings (SSSR count). The minimum Gasteiger partial charge on any atom is -0.487 e. The molecule has 0 spiro atoms. The van der Waals surface area contributed by atoms with Crippen LogP contribution < -0.4 is 10.1 Å². The molecule has 8 heteroatoms. The van der Waals surface area contributed by atoms with Gasteiger partial charge in [-0.25, -0.2) is 14.5 Å². The van der Waals surface area contributed by atoms with Gasteiger partial charge in [0.1, 0.15) is 15.6 Å². The van der Waals surface area contributed by atoms with E-state index in [1.165, 1.54) is 0 Å². The van der Waals surface area contributed by atoms with E-state index in [1.54, 1.807) is 10.7 Å². The van der Waals surface area contributed by atoms with E-state index in [0.717, 1.165) is 67.9 Å². The number of benzene rings is 1. The van der Waals surface area contributed by atoms with Crippen molar-refractivity contribution in [1.29, 1.82) is 0 Å². The number of nitrogens with zero attached hydrogens (tertiary/aromatic N) is 5. The first-order valence-corrected chi connectivity index (χ1v) is 11.6. The predicted molar refractivity (Wildman–Crippen MR) is 132 cm³/mol. The molecule has 0 unspecified atom stereocenters. The maximum Gasteiger partial charge on any atom is 0.162 e. The van der Waals surface area contributed by atoms with Gasteiger partial charge < -0.3 is 10.1 Å². The third-order valence-corrected chi connectivity index (χ3v) is 6.30. The van der Waals surface area contributed by atoms with Crippen LogP contribution in [-0.4, -0.2) is 43.8 Å². The summed E-state index contributed by atoms with van der Waals surface area (Å²) in [5.41, 5.74) is 5.54. The molecule has 5 heterocycles. The first-order valence-electron chi connectivity index (χ1n) is 10.5. The summed E-state index contributed by atoms with van der Waals surface area (Å²) in [6.07, 6.45) is 8.68. The average molecular weight is 534 g/mol. The number of hydrogen-bond donors (Lipinski definition) is 1. The van der Waals surface area contributed by atoms with Gasteiger partial charge in [0.15, 0.2) is 5.65 Å². The van der Waals surface area contributed by atoms with Crippen LogP contribution in [0.15, 0.2) is 67.3 Å². The normalized spacial score (nSPS) is 16.1. The Morgan fingerprint density at radius 2 is 1.97 bits per heavy atom. The molecule has 1 N–H and O–H groups in total. The molecule has 1 aliphatic rings. The van der Waals surface area contributed by atoms with Crippen molar-refractivity contribution >= 4 is 39.1 Å². The molecule has 4 aromatic heterocycles. The summed E-state index contributed by atoms with van der Waals surface area (Å²) in [7, 11) is 0. The number of ether oxygens (including phenoxy) is 1. The Morgan fingerprint density at radius 3 is 2.81 bits per heavy atom. The van der Waals surface area contributed by atoms with Crippen LogP contribution in [-0.2, 0) is 0 Å². The highest BCUT2D eigenvalue weighted by atomic mass is 127. The summed E-state index contributed by atoms with van der Waals surface area (Å²) in [5, 5.41) is 8.96. The van der Waals surface area contributed by atoms with Gasteiger partial charge in [-0.2, -0.15) is 5.10 Å². The summed E-state index contributed by atoms with van der Waals surface area (Å²) >= 11 is 2.23. The highest BCUT2D eigenvalue weighted by molar-refractivity contribution is 14.1. The average Bonchev–Trinajstić information content (AvgIpc) is 3.48. The molecule has 0 aliphatic carbocycles. The predicted octanol–water partition coefficient (Wildman–Crippen LogP) is 4.35. The monoisotopic (exact) mass is 534 g/mol. The van der Waals surface area contributed by atoms with E-state index in [-0.39, 0.29) is 6.10 Å².